The van der Waals surface area contributed by atoms with Gasteiger partial charge in [0.15, 0.2) is 10.2 Å². The van der Waals surface area contributed by atoms with Gasteiger partial charge >= 0.3 is 0 Å². The number of aryl methyl sites for hydroxylation is 1. The van der Waals surface area contributed by atoms with E-state index >= 15 is 0 Å². The van der Waals surface area contributed by atoms with Crippen LogP contribution in [0.4, 0.5) is 10.9 Å². The topological polar surface area (TPSA) is 113 Å². The Morgan fingerprint density at radius 2 is 2.00 bits per heavy atom. The lowest BCUT2D eigenvalue weighted by molar-refractivity contribution is -0.00492. The third kappa shape index (κ3) is 5.02. The average molecular weight is 497 g/mol. The highest BCUT2D eigenvalue weighted by Crippen LogP contribution is 2.28. The van der Waals surface area contributed by atoms with Gasteiger partial charge < -0.3 is 15.0 Å². The van der Waals surface area contributed by atoms with E-state index in [0.717, 1.165) is 16.4 Å². The third-order valence-electron chi connectivity index (χ3n) is 5.44. The molecule has 5 rings (SSSR count). The molecule has 1 fully saturated rings. The molecule has 0 bridgehead atoms. The number of hydrogen-bond acceptors (Lipinski definition) is 8. The number of imidazole rings is 1. The second-order valence-corrected chi connectivity index (χ2v) is 10.9. The maximum absolute atomic E-state index is 13.0. The van der Waals surface area contributed by atoms with E-state index in [1.54, 1.807) is 18.3 Å². The summed E-state index contributed by atoms with van der Waals surface area (Å²) >= 11 is 1.58. The molecule has 0 aliphatic carbocycles. The van der Waals surface area contributed by atoms with E-state index in [9.17, 15) is 8.42 Å². The van der Waals surface area contributed by atoms with Gasteiger partial charge in [0.2, 0.25) is 0 Å². The molecule has 176 valence electrons. The summed E-state index contributed by atoms with van der Waals surface area (Å²) in [7, 11) is -3.68. The number of anilines is 2. The number of H-pyrrole nitrogens is 1. The quantitative estimate of drug-likeness (QED) is 0.401. The molecule has 4 aromatic rings. The van der Waals surface area contributed by atoms with Crippen molar-refractivity contribution >= 4 is 32.3 Å². The number of rotatable bonds is 7. The summed E-state index contributed by atoms with van der Waals surface area (Å²) in [6.45, 7) is 2.45. The van der Waals surface area contributed by atoms with Crippen LogP contribution in [0.2, 0.25) is 0 Å². The summed E-state index contributed by atoms with van der Waals surface area (Å²) in [6, 6.07) is 15.8. The highest BCUT2D eigenvalue weighted by atomic mass is 32.2. The van der Waals surface area contributed by atoms with Crippen LogP contribution in [-0.2, 0) is 21.2 Å². The van der Waals surface area contributed by atoms with Crippen molar-refractivity contribution in [2.24, 2.45) is 0 Å². The van der Waals surface area contributed by atoms with Gasteiger partial charge in [0, 0.05) is 30.6 Å². The van der Waals surface area contributed by atoms with Gasteiger partial charge in [0.05, 0.1) is 18.5 Å². The first kappa shape index (κ1) is 22.7. The standard InChI is InChI=1S/C23H24N6O3S2/c1-16-24-14-22(26-16)34(30,31)29-10-11-32-20(15-29)19-8-5-9-21(27-19)28-23-25-13-18(33-23)12-17-6-3-2-4-7-17/h2-9,13-14,20H,10-12,15H2,1H3,(H,24,26)(H,25,27,28)/t20-/m0/s1. The van der Waals surface area contributed by atoms with Gasteiger partial charge in [-0.1, -0.05) is 36.4 Å². The number of ether oxygens (including phenoxy) is 1. The van der Waals surface area contributed by atoms with Crippen molar-refractivity contribution in [3.63, 3.8) is 0 Å². The van der Waals surface area contributed by atoms with Crippen molar-refractivity contribution in [3.8, 4) is 0 Å². The van der Waals surface area contributed by atoms with Gasteiger partial charge in [-0.3, -0.25) is 0 Å². The minimum absolute atomic E-state index is 0.0871. The maximum atomic E-state index is 13.0. The summed E-state index contributed by atoms with van der Waals surface area (Å²) in [4.78, 5) is 17.1. The number of nitrogens with one attached hydrogen (secondary N) is 2. The number of pyridine rings is 1. The Morgan fingerprint density at radius 1 is 1.15 bits per heavy atom. The van der Waals surface area contributed by atoms with Crippen LogP contribution in [0.1, 0.15) is 28.1 Å². The predicted octanol–water partition coefficient (Wildman–Crippen LogP) is 3.67. The Kier molecular flexibility index (Phi) is 6.42. The van der Waals surface area contributed by atoms with Crippen molar-refractivity contribution in [2.45, 2.75) is 24.5 Å². The lowest BCUT2D eigenvalue weighted by atomic mass is 10.1. The van der Waals surface area contributed by atoms with Crippen molar-refractivity contribution in [1.29, 1.82) is 0 Å². The molecule has 0 saturated carbocycles. The van der Waals surface area contributed by atoms with Gasteiger partial charge in [-0.2, -0.15) is 4.31 Å². The monoisotopic (exact) mass is 496 g/mol. The first-order chi connectivity index (χ1) is 16.5. The first-order valence-corrected chi connectivity index (χ1v) is 13.1. The first-order valence-electron chi connectivity index (χ1n) is 10.8. The molecule has 4 heterocycles. The van der Waals surface area contributed by atoms with E-state index in [1.165, 1.54) is 16.1 Å². The van der Waals surface area contributed by atoms with E-state index in [0.29, 0.717) is 17.3 Å². The minimum Gasteiger partial charge on any atom is -0.369 e. The molecule has 0 spiro atoms. The zero-order valence-corrected chi connectivity index (χ0v) is 20.1. The molecule has 34 heavy (non-hydrogen) atoms. The van der Waals surface area contributed by atoms with Crippen LogP contribution >= 0.6 is 11.3 Å². The van der Waals surface area contributed by atoms with Crippen LogP contribution in [0, 0.1) is 6.92 Å². The third-order valence-corrected chi connectivity index (χ3v) is 8.12. The fourth-order valence-electron chi connectivity index (χ4n) is 3.75. The Balaban J connectivity index is 1.28. The minimum atomic E-state index is -3.68. The average Bonchev–Trinajstić information content (AvgIpc) is 3.49. The number of thiazole rings is 1. The molecular weight excluding hydrogens is 472 g/mol. The molecule has 0 unspecified atom stereocenters. The smallest absolute Gasteiger partial charge is 0.260 e. The Morgan fingerprint density at radius 3 is 2.79 bits per heavy atom. The molecule has 1 aliphatic heterocycles. The van der Waals surface area contributed by atoms with Gasteiger partial charge in [0.1, 0.15) is 17.7 Å². The largest absolute Gasteiger partial charge is 0.369 e. The number of sulfonamides is 1. The number of hydrogen-bond donors (Lipinski definition) is 2. The van der Waals surface area contributed by atoms with Crippen molar-refractivity contribution in [3.05, 3.63) is 82.9 Å². The number of aromatic nitrogens is 4. The van der Waals surface area contributed by atoms with Gasteiger partial charge in [-0.15, -0.1) is 11.3 Å². The zero-order valence-electron chi connectivity index (χ0n) is 18.5. The van der Waals surface area contributed by atoms with Crippen molar-refractivity contribution < 1.29 is 13.2 Å². The fraction of sp³-hybridized carbons (Fsp3) is 0.261. The molecule has 11 heteroatoms. The van der Waals surface area contributed by atoms with E-state index in [1.807, 2.05) is 42.6 Å². The number of morpholine rings is 1. The molecular formula is C23H24N6O3S2. The molecule has 0 radical (unpaired) electrons. The van der Waals surface area contributed by atoms with Crippen LogP contribution in [0.15, 0.2) is 66.0 Å². The van der Waals surface area contributed by atoms with Gasteiger partial charge in [-0.25, -0.2) is 23.4 Å². The summed E-state index contributed by atoms with van der Waals surface area (Å²) in [5.74, 6) is 1.18. The Labute approximate surface area is 201 Å². The van der Waals surface area contributed by atoms with Gasteiger partial charge in [0.25, 0.3) is 10.0 Å². The molecule has 0 amide bonds. The molecule has 3 aromatic heterocycles. The van der Waals surface area contributed by atoms with Gasteiger partial charge in [-0.05, 0) is 24.6 Å². The summed E-state index contributed by atoms with van der Waals surface area (Å²) in [5.41, 5.74) is 1.89. The Hall–Kier alpha value is -3.12. The Bertz CT molecular complexity index is 1370. The highest BCUT2D eigenvalue weighted by molar-refractivity contribution is 7.89. The molecule has 9 nitrogen and oxygen atoms in total. The SMILES string of the molecule is Cc1ncc(S(=O)(=O)N2CCO[C@H](c3cccc(Nc4ncc(Cc5ccccc5)s4)n3)C2)[nH]1. The normalized spacial score (nSPS) is 17.0. The molecule has 1 aliphatic rings. The van der Waals surface area contributed by atoms with Crippen LogP contribution in [0.3, 0.4) is 0 Å². The fourth-order valence-corrected chi connectivity index (χ4v) is 5.99. The van der Waals surface area contributed by atoms with E-state index in [2.05, 4.69) is 37.4 Å². The van der Waals surface area contributed by atoms with Crippen molar-refractivity contribution in [1.82, 2.24) is 24.2 Å². The summed E-state index contributed by atoms with van der Waals surface area (Å²) in [5, 5.41) is 4.09. The van der Waals surface area contributed by atoms with E-state index in [4.69, 9.17) is 4.74 Å². The predicted molar refractivity (Wildman–Crippen MR) is 130 cm³/mol. The molecule has 1 saturated heterocycles. The lowest BCUT2D eigenvalue weighted by Crippen LogP contribution is -2.42. The van der Waals surface area contributed by atoms with Crippen LogP contribution in [-0.4, -0.2) is 52.4 Å². The maximum Gasteiger partial charge on any atom is 0.260 e. The van der Waals surface area contributed by atoms with Crippen molar-refractivity contribution in [2.75, 3.05) is 25.0 Å². The second kappa shape index (κ2) is 9.63. The van der Waals surface area contributed by atoms with Crippen LogP contribution in [0.5, 0.6) is 0 Å². The van der Waals surface area contributed by atoms with Crippen LogP contribution < -0.4 is 5.32 Å². The van der Waals surface area contributed by atoms with Crippen LogP contribution in [0.25, 0.3) is 0 Å². The molecule has 1 aromatic carbocycles. The van der Waals surface area contributed by atoms with E-state index < -0.39 is 16.1 Å². The highest BCUT2D eigenvalue weighted by Gasteiger charge is 2.33. The molecule has 1 atom stereocenters. The number of aromatic amines is 1. The number of nitrogens with zero attached hydrogens (tertiary/aromatic N) is 4. The number of benzene rings is 1. The second-order valence-electron chi connectivity index (χ2n) is 7.92. The zero-order chi connectivity index (χ0) is 23.5. The summed E-state index contributed by atoms with van der Waals surface area (Å²) in [6.07, 6.45) is 3.56. The molecule has 2 N–H and O–H groups in total. The summed E-state index contributed by atoms with van der Waals surface area (Å²) < 4.78 is 33.2. The lowest BCUT2D eigenvalue weighted by Gasteiger charge is -2.31. The van der Waals surface area contributed by atoms with E-state index in [-0.39, 0.29) is 24.7 Å².